The summed E-state index contributed by atoms with van der Waals surface area (Å²) in [6.45, 7) is 1.67. The quantitative estimate of drug-likeness (QED) is 0.457. The van der Waals surface area contributed by atoms with Crippen molar-refractivity contribution in [3.8, 4) is 0 Å². The van der Waals surface area contributed by atoms with E-state index in [1.165, 1.54) is 6.20 Å². The summed E-state index contributed by atoms with van der Waals surface area (Å²) in [6.07, 6.45) is 1.53. The Bertz CT molecular complexity index is 264. The van der Waals surface area contributed by atoms with Crippen molar-refractivity contribution in [2.24, 2.45) is 17.4 Å². The number of hydrogen-bond donors (Lipinski definition) is 4. The number of rotatable bonds is 4. The normalized spacial score (nSPS) is 11.0. The van der Waals surface area contributed by atoms with Gasteiger partial charge in [-0.3, -0.25) is 0 Å². The minimum absolute atomic E-state index is 0.196. The molecule has 0 aliphatic carbocycles. The van der Waals surface area contributed by atoms with Gasteiger partial charge in [-0.15, -0.1) is 0 Å². The first kappa shape index (κ1) is 9.82. The van der Waals surface area contributed by atoms with Crippen molar-refractivity contribution in [3.05, 3.63) is 6.20 Å². The van der Waals surface area contributed by atoms with Gasteiger partial charge in [-0.25, -0.2) is 4.68 Å². The molecule has 1 rings (SSSR count). The van der Waals surface area contributed by atoms with Crippen molar-refractivity contribution in [1.29, 1.82) is 0 Å². The number of hydrogen-bond acceptors (Lipinski definition) is 5. The summed E-state index contributed by atoms with van der Waals surface area (Å²) in [5.41, 5.74) is 22.7. The summed E-state index contributed by atoms with van der Waals surface area (Å²) in [5.74, 6) is 0.675. The summed E-state index contributed by atoms with van der Waals surface area (Å²) in [6, 6.07) is 0. The van der Waals surface area contributed by atoms with Crippen LogP contribution in [0.25, 0.3) is 0 Å². The van der Waals surface area contributed by atoms with Crippen LogP contribution in [0.2, 0.25) is 0 Å². The van der Waals surface area contributed by atoms with Gasteiger partial charge in [0.1, 0.15) is 5.82 Å². The minimum atomic E-state index is 0.196. The number of anilines is 2. The average molecular weight is 184 g/mol. The second-order valence-corrected chi connectivity index (χ2v) is 3.00. The lowest BCUT2D eigenvalue weighted by atomic mass is 10.1. The lowest BCUT2D eigenvalue weighted by molar-refractivity contribution is 0.439. The summed E-state index contributed by atoms with van der Waals surface area (Å²) in [7, 11) is 0. The van der Waals surface area contributed by atoms with Crippen LogP contribution < -0.4 is 22.9 Å². The van der Waals surface area contributed by atoms with Crippen molar-refractivity contribution in [2.75, 3.05) is 24.6 Å². The highest BCUT2D eigenvalue weighted by Gasteiger charge is 2.09. The van der Waals surface area contributed by atoms with Crippen molar-refractivity contribution in [3.63, 3.8) is 0 Å². The van der Waals surface area contributed by atoms with E-state index in [1.54, 1.807) is 4.68 Å². The SMILES string of the molecule is NCC(CN)Cn1ncc(N)c1N. The van der Waals surface area contributed by atoms with Gasteiger partial charge < -0.3 is 22.9 Å². The van der Waals surface area contributed by atoms with Crippen LogP contribution in [0.15, 0.2) is 6.20 Å². The third kappa shape index (κ3) is 2.10. The van der Waals surface area contributed by atoms with E-state index >= 15 is 0 Å². The topological polar surface area (TPSA) is 122 Å². The zero-order valence-electron chi connectivity index (χ0n) is 7.48. The third-order valence-electron chi connectivity index (χ3n) is 2.01. The predicted octanol–water partition coefficient (Wildman–Crippen LogP) is -1.42. The molecule has 0 unspecified atom stereocenters. The fourth-order valence-corrected chi connectivity index (χ4v) is 1.04. The Hall–Kier alpha value is -1.27. The highest BCUT2D eigenvalue weighted by molar-refractivity contribution is 5.56. The monoisotopic (exact) mass is 184 g/mol. The summed E-state index contributed by atoms with van der Waals surface area (Å²) in [4.78, 5) is 0. The summed E-state index contributed by atoms with van der Waals surface area (Å²) in [5, 5.41) is 4.01. The van der Waals surface area contributed by atoms with Gasteiger partial charge in [-0.1, -0.05) is 0 Å². The lowest BCUT2D eigenvalue weighted by Crippen LogP contribution is -2.28. The summed E-state index contributed by atoms with van der Waals surface area (Å²) >= 11 is 0. The molecule has 1 heterocycles. The van der Waals surface area contributed by atoms with Gasteiger partial charge in [0.25, 0.3) is 0 Å². The Labute approximate surface area is 76.9 Å². The maximum atomic E-state index is 5.65. The van der Waals surface area contributed by atoms with Gasteiger partial charge in [0.2, 0.25) is 0 Å². The molecule has 0 aromatic carbocycles. The molecule has 0 aliphatic heterocycles. The number of nitrogens with two attached hydrogens (primary N) is 4. The molecule has 0 fully saturated rings. The molecule has 0 saturated carbocycles. The van der Waals surface area contributed by atoms with E-state index in [1.807, 2.05) is 0 Å². The number of nitrogen functional groups attached to an aromatic ring is 2. The smallest absolute Gasteiger partial charge is 0.145 e. The maximum Gasteiger partial charge on any atom is 0.145 e. The van der Waals surface area contributed by atoms with E-state index in [0.717, 1.165) is 0 Å². The van der Waals surface area contributed by atoms with Crippen molar-refractivity contribution in [1.82, 2.24) is 9.78 Å². The molecule has 0 aliphatic rings. The van der Waals surface area contributed by atoms with Gasteiger partial charge in [0.15, 0.2) is 0 Å². The molecule has 1 aromatic heterocycles. The van der Waals surface area contributed by atoms with Crippen LogP contribution in [0.1, 0.15) is 0 Å². The van der Waals surface area contributed by atoms with Crippen LogP contribution in [0.4, 0.5) is 11.5 Å². The molecule has 0 amide bonds. The first-order valence-corrected chi connectivity index (χ1v) is 4.16. The molecule has 0 atom stereocenters. The molecule has 0 saturated heterocycles. The number of nitrogens with zero attached hydrogens (tertiary/aromatic N) is 2. The molecule has 8 N–H and O–H groups in total. The average Bonchev–Trinajstić information content (AvgIpc) is 2.45. The van der Waals surface area contributed by atoms with Crippen LogP contribution in [-0.4, -0.2) is 22.9 Å². The second kappa shape index (κ2) is 4.11. The van der Waals surface area contributed by atoms with E-state index in [0.29, 0.717) is 31.1 Å². The highest BCUT2D eigenvalue weighted by Crippen LogP contribution is 2.13. The molecular weight excluding hydrogens is 168 g/mol. The van der Waals surface area contributed by atoms with Gasteiger partial charge in [0.05, 0.1) is 11.9 Å². The van der Waals surface area contributed by atoms with E-state index < -0.39 is 0 Å². The first-order valence-electron chi connectivity index (χ1n) is 4.16. The Balaban J connectivity index is 2.67. The van der Waals surface area contributed by atoms with E-state index in [9.17, 15) is 0 Å². The zero-order chi connectivity index (χ0) is 9.84. The van der Waals surface area contributed by atoms with Crippen LogP contribution in [0.5, 0.6) is 0 Å². The molecule has 13 heavy (non-hydrogen) atoms. The van der Waals surface area contributed by atoms with Crippen LogP contribution in [-0.2, 0) is 6.54 Å². The van der Waals surface area contributed by atoms with Crippen LogP contribution >= 0.6 is 0 Å². The molecule has 0 bridgehead atoms. The fourth-order valence-electron chi connectivity index (χ4n) is 1.04. The van der Waals surface area contributed by atoms with Crippen molar-refractivity contribution in [2.45, 2.75) is 6.54 Å². The molecule has 6 nitrogen and oxygen atoms in total. The summed E-state index contributed by atoms with van der Waals surface area (Å²) < 4.78 is 1.62. The molecule has 6 heteroatoms. The van der Waals surface area contributed by atoms with E-state index in [4.69, 9.17) is 22.9 Å². The van der Waals surface area contributed by atoms with Crippen molar-refractivity contribution < 1.29 is 0 Å². The van der Waals surface area contributed by atoms with Gasteiger partial charge in [-0.05, 0) is 13.1 Å². The molecule has 1 aromatic rings. The standard InChI is InChI=1S/C7H16N6/c8-1-5(2-9)4-13-7(11)6(10)3-12-13/h3,5H,1-2,4,8-11H2. The second-order valence-electron chi connectivity index (χ2n) is 3.00. The highest BCUT2D eigenvalue weighted by atomic mass is 15.3. The van der Waals surface area contributed by atoms with E-state index in [2.05, 4.69) is 5.10 Å². The predicted molar refractivity (Wildman–Crippen MR) is 52.7 cm³/mol. The third-order valence-corrected chi connectivity index (χ3v) is 2.01. The molecule has 0 spiro atoms. The van der Waals surface area contributed by atoms with Gasteiger partial charge in [-0.2, -0.15) is 5.10 Å². The largest absolute Gasteiger partial charge is 0.394 e. The van der Waals surface area contributed by atoms with Crippen LogP contribution in [0, 0.1) is 5.92 Å². The Morgan fingerprint density at radius 2 is 1.92 bits per heavy atom. The lowest BCUT2D eigenvalue weighted by Gasteiger charge is -2.12. The zero-order valence-corrected chi connectivity index (χ0v) is 7.48. The Morgan fingerprint density at radius 1 is 1.31 bits per heavy atom. The fraction of sp³-hybridized carbons (Fsp3) is 0.571. The van der Waals surface area contributed by atoms with Crippen LogP contribution in [0.3, 0.4) is 0 Å². The minimum Gasteiger partial charge on any atom is -0.394 e. The molecular formula is C7H16N6. The molecule has 0 radical (unpaired) electrons. The molecule has 74 valence electrons. The van der Waals surface area contributed by atoms with E-state index in [-0.39, 0.29) is 5.92 Å². The Morgan fingerprint density at radius 3 is 2.31 bits per heavy atom. The maximum absolute atomic E-state index is 5.65. The first-order chi connectivity index (χ1) is 6.19. The Kier molecular flexibility index (Phi) is 3.10. The van der Waals surface area contributed by atoms with Gasteiger partial charge >= 0.3 is 0 Å². The van der Waals surface area contributed by atoms with Gasteiger partial charge in [0, 0.05) is 12.5 Å². The van der Waals surface area contributed by atoms with Crippen molar-refractivity contribution >= 4 is 11.5 Å². The number of aromatic nitrogens is 2.